The second-order valence-electron chi connectivity index (χ2n) is 5.89. The number of aryl methyl sites for hydroxylation is 1. The third kappa shape index (κ3) is 4.31. The van der Waals surface area contributed by atoms with Gasteiger partial charge in [-0.2, -0.15) is 0 Å². The van der Waals surface area contributed by atoms with Crippen LogP contribution >= 0.6 is 23.1 Å². The zero-order valence-corrected chi connectivity index (χ0v) is 16.1. The molecule has 2 amide bonds. The fraction of sp³-hybridized carbons (Fsp3) is 0.333. The molecule has 1 aliphatic rings. The van der Waals surface area contributed by atoms with Crippen molar-refractivity contribution in [2.45, 2.75) is 24.1 Å². The van der Waals surface area contributed by atoms with Gasteiger partial charge in [0.05, 0.1) is 5.92 Å². The van der Waals surface area contributed by atoms with E-state index in [9.17, 15) is 9.59 Å². The molecular formula is C18H20N4O2S2. The number of carbonyl (C=O) groups is 2. The molecule has 0 radical (unpaired) electrons. The molecule has 0 saturated carbocycles. The third-order valence-electron chi connectivity index (χ3n) is 4.09. The van der Waals surface area contributed by atoms with Gasteiger partial charge < -0.3 is 10.2 Å². The van der Waals surface area contributed by atoms with Crippen LogP contribution in [0.2, 0.25) is 0 Å². The van der Waals surface area contributed by atoms with E-state index < -0.39 is 0 Å². The van der Waals surface area contributed by atoms with Crippen molar-refractivity contribution < 1.29 is 9.59 Å². The fourth-order valence-electron chi connectivity index (χ4n) is 2.73. The van der Waals surface area contributed by atoms with Crippen molar-refractivity contribution in [1.82, 2.24) is 10.2 Å². The van der Waals surface area contributed by atoms with Gasteiger partial charge in [0.15, 0.2) is 4.34 Å². The van der Waals surface area contributed by atoms with Gasteiger partial charge >= 0.3 is 0 Å². The summed E-state index contributed by atoms with van der Waals surface area (Å²) >= 11 is 2.84. The number of amides is 2. The first-order chi connectivity index (χ1) is 12.6. The maximum atomic E-state index is 12.5. The van der Waals surface area contributed by atoms with Gasteiger partial charge in [0, 0.05) is 24.4 Å². The highest BCUT2D eigenvalue weighted by atomic mass is 32.2. The first-order valence-electron chi connectivity index (χ1n) is 8.38. The van der Waals surface area contributed by atoms with Crippen LogP contribution in [0.3, 0.4) is 0 Å². The van der Waals surface area contributed by atoms with Crippen LogP contribution in [-0.4, -0.2) is 34.3 Å². The highest BCUT2D eigenvalue weighted by molar-refractivity contribution is 8.01. The molecule has 6 nitrogen and oxygen atoms in total. The zero-order chi connectivity index (χ0) is 18.5. The molecule has 0 spiro atoms. The summed E-state index contributed by atoms with van der Waals surface area (Å²) in [6, 6.07) is 7.89. The summed E-state index contributed by atoms with van der Waals surface area (Å²) in [5.41, 5.74) is 2.02. The molecule has 136 valence electrons. The van der Waals surface area contributed by atoms with Gasteiger partial charge in [0.1, 0.15) is 0 Å². The van der Waals surface area contributed by atoms with Crippen molar-refractivity contribution in [3.63, 3.8) is 0 Å². The molecular weight excluding hydrogens is 368 g/mol. The topological polar surface area (TPSA) is 75.2 Å². The van der Waals surface area contributed by atoms with Crippen LogP contribution in [0.5, 0.6) is 0 Å². The monoisotopic (exact) mass is 388 g/mol. The Bertz CT molecular complexity index is 821. The van der Waals surface area contributed by atoms with Gasteiger partial charge in [-0.25, -0.2) is 0 Å². The van der Waals surface area contributed by atoms with Crippen LogP contribution in [0.4, 0.5) is 10.8 Å². The van der Waals surface area contributed by atoms with Crippen LogP contribution in [-0.2, 0) is 16.0 Å². The van der Waals surface area contributed by atoms with Crippen molar-refractivity contribution >= 4 is 45.7 Å². The Hall–Kier alpha value is -2.19. The maximum Gasteiger partial charge on any atom is 0.231 e. The summed E-state index contributed by atoms with van der Waals surface area (Å²) in [4.78, 5) is 26.6. The van der Waals surface area contributed by atoms with Crippen LogP contribution < -0.4 is 10.2 Å². The Balaban J connectivity index is 1.63. The first kappa shape index (κ1) is 18.6. The standard InChI is InChI=1S/C18H20N4O2S2/c1-3-8-25-18-21-20-17(26-18)19-16(24)13-10-15(23)22(11-13)14-7-5-6-12(4-2)9-14/h3,5-7,9,13H,1,4,8,10-11H2,2H3,(H,19,20,24)/t13-/m0/s1. The predicted molar refractivity (Wildman–Crippen MR) is 106 cm³/mol. The van der Waals surface area contributed by atoms with E-state index in [1.54, 1.807) is 11.0 Å². The highest BCUT2D eigenvalue weighted by Crippen LogP contribution is 2.29. The highest BCUT2D eigenvalue weighted by Gasteiger charge is 2.35. The molecule has 2 aromatic rings. The van der Waals surface area contributed by atoms with Crippen molar-refractivity contribution in [3.05, 3.63) is 42.5 Å². The molecule has 0 unspecified atom stereocenters. The molecule has 1 fully saturated rings. The van der Waals surface area contributed by atoms with Crippen LogP contribution in [0.1, 0.15) is 18.9 Å². The molecule has 26 heavy (non-hydrogen) atoms. The number of nitrogens with one attached hydrogen (secondary N) is 1. The number of thioether (sulfide) groups is 1. The van der Waals surface area contributed by atoms with E-state index in [0.29, 0.717) is 11.7 Å². The largest absolute Gasteiger partial charge is 0.312 e. The van der Waals surface area contributed by atoms with Crippen molar-refractivity contribution in [2.24, 2.45) is 5.92 Å². The van der Waals surface area contributed by atoms with Gasteiger partial charge in [0.25, 0.3) is 0 Å². The number of aromatic nitrogens is 2. The molecule has 1 aliphatic heterocycles. The predicted octanol–water partition coefficient (Wildman–Crippen LogP) is 3.37. The molecule has 1 atom stereocenters. The zero-order valence-electron chi connectivity index (χ0n) is 14.5. The van der Waals surface area contributed by atoms with Crippen molar-refractivity contribution in [2.75, 3.05) is 22.5 Å². The van der Waals surface area contributed by atoms with Gasteiger partial charge in [-0.15, -0.1) is 16.8 Å². The van der Waals surface area contributed by atoms with Gasteiger partial charge in [-0.1, -0.05) is 48.2 Å². The molecule has 2 heterocycles. The summed E-state index contributed by atoms with van der Waals surface area (Å²) in [6.07, 6.45) is 2.90. The minimum Gasteiger partial charge on any atom is -0.312 e. The number of hydrogen-bond donors (Lipinski definition) is 1. The maximum absolute atomic E-state index is 12.5. The Morgan fingerprint density at radius 3 is 3.12 bits per heavy atom. The summed E-state index contributed by atoms with van der Waals surface area (Å²) < 4.78 is 0.778. The number of rotatable bonds is 7. The van der Waals surface area contributed by atoms with E-state index in [1.165, 1.54) is 28.7 Å². The quantitative estimate of drug-likeness (QED) is 0.447. The van der Waals surface area contributed by atoms with E-state index in [0.717, 1.165) is 22.2 Å². The normalized spacial score (nSPS) is 16.7. The average Bonchev–Trinajstić information content (AvgIpc) is 3.26. The smallest absolute Gasteiger partial charge is 0.231 e. The number of hydrogen-bond acceptors (Lipinski definition) is 6. The molecule has 8 heteroatoms. The first-order valence-corrected chi connectivity index (χ1v) is 10.2. The lowest BCUT2D eigenvalue weighted by molar-refractivity contribution is -0.122. The summed E-state index contributed by atoms with van der Waals surface area (Å²) in [5, 5.41) is 11.2. The number of carbonyl (C=O) groups excluding carboxylic acids is 2. The van der Waals surface area contributed by atoms with Gasteiger partial charge in [-0.3, -0.25) is 9.59 Å². The molecule has 1 saturated heterocycles. The van der Waals surface area contributed by atoms with Gasteiger partial charge in [-0.05, 0) is 24.1 Å². The summed E-state index contributed by atoms with van der Waals surface area (Å²) in [5.74, 6) is 0.133. The average molecular weight is 389 g/mol. The van der Waals surface area contributed by atoms with Crippen molar-refractivity contribution in [1.29, 1.82) is 0 Å². The molecule has 1 aromatic heterocycles. The minimum absolute atomic E-state index is 0.0297. The number of nitrogens with zero attached hydrogens (tertiary/aromatic N) is 3. The summed E-state index contributed by atoms with van der Waals surface area (Å²) in [6.45, 7) is 6.12. The van der Waals surface area contributed by atoms with E-state index >= 15 is 0 Å². The fourth-order valence-corrected chi connectivity index (χ4v) is 4.25. The Morgan fingerprint density at radius 2 is 2.35 bits per heavy atom. The lowest BCUT2D eigenvalue weighted by atomic mass is 10.1. The Kier molecular flexibility index (Phi) is 6.05. The van der Waals surface area contributed by atoms with Crippen molar-refractivity contribution in [3.8, 4) is 0 Å². The van der Waals surface area contributed by atoms with Crippen LogP contribution in [0, 0.1) is 5.92 Å². The molecule has 0 aliphatic carbocycles. The third-order valence-corrected chi connectivity index (χ3v) is 6.06. The number of benzene rings is 1. The second kappa shape index (κ2) is 8.46. The Labute approximate surface area is 160 Å². The number of anilines is 2. The van der Waals surface area contributed by atoms with Crippen LogP contribution in [0.25, 0.3) is 0 Å². The van der Waals surface area contributed by atoms with Gasteiger partial charge in [0.2, 0.25) is 16.9 Å². The van der Waals surface area contributed by atoms with E-state index in [-0.39, 0.29) is 24.2 Å². The second-order valence-corrected chi connectivity index (χ2v) is 8.14. The Morgan fingerprint density at radius 1 is 1.50 bits per heavy atom. The van der Waals surface area contributed by atoms with E-state index in [1.807, 2.05) is 24.3 Å². The lowest BCUT2D eigenvalue weighted by Gasteiger charge is -2.17. The molecule has 3 rings (SSSR count). The molecule has 1 aromatic carbocycles. The lowest BCUT2D eigenvalue weighted by Crippen LogP contribution is -2.28. The minimum atomic E-state index is -0.388. The van der Waals surface area contributed by atoms with E-state index in [4.69, 9.17) is 0 Å². The summed E-state index contributed by atoms with van der Waals surface area (Å²) in [7, 11) is 0. The molecule has 1 N–H and O–H groups in total. The van der Waals surface area contributed by atoms with E-state index in [2.05, 4.69) is 29.0 Å². The van der Waals surface area contributed by atoms with Crippen LogP contribution in [0.15, 0.2) is 41.3 Å². The molecule has 0 bridgehead atoms. The SMILES string of the molecule is C=CCSc1nnc(NC(=O)[C@H]2CC(=O)N(c3cccc(CC)c3)C2)s1.